The molecule has 1 aromatic carbocycles. The number of aromatic hydroxyl groups is 1. The van der Waals surface area contributed by atoms with Crippen LogP contribution in [0.4, 0.5) is 5.69 Å². The van der Waals surface area contributed by atoms with Crippen LogP contribution >= 0.6 is 0 Å². The molecule has 3 heteroatoms. The van der Waals surface area contributed by atoms with E-state index in [1.807, 2.05) is 6.07 Å². The zero-order valence-corrected chi connectivity index (χ0v) is 9.82. The first-order valence-corrected chi connectivity index (χ1v) is 5.95. The van der Waals surface area contributed by atoms with Crippen LogP contribution < -0.4 is 5.73 Å². The molecule has 2 rings (SSSR count). The Balaban J connectivity index is 2.04. The lowest BCUT2D eigenvalue weighted by Gasteiger charge is -2.30. The first-order chi connectivity index (χ1) is 7.66. The maximum atomic E-state index is 9.77. The Morgan fingerprint density at radius 1 is 1.38 bits per heavy atom. The monoisotopic (exact) mass is 220 g/mol. The molecular formula is C13H20N2O. The van der Waals surface area contributed by atoms with Crippen molar-refractivity contribution in [1.82, 2.24) is 4.90 Å². The van der Waals surface area contributed by atoms with Crippen molar-refractivity contribution in [1.29, 1.82) is 0 Å². The van der Waals surface area contributed by atoms with Gasteiger partial charge in [-0.2, -0.15) is 0 Å². The highest BCUT2D eigenvalue weighted by Gasteiger charge is 2.17. The zero-order chi connectivity index (χ0) is 11.5. The van der Waals surface area contributed by atoms with Gasteiger partial charge in [-0.3, -0.25) is 4.90 Å². The average Bonchev–Trinajstić information content (AvgIpc) is 2.26. The Kier molecular flexibility index (Phi) is 3.34. The summed E-state index contributed by atoms with van der Waals surface area (Å²) in [4.78, 5) is 2.37. The second kappa shape index (κ2) is 4.74. The molecule has 0 atom stereocenters. The van der Waals surface area contributed by atoms with E-state index in [-0.39, 0.29) is 0 Å². The fourth-order valence-corrected chi connectivity index (χ4v) is 2.21. The number of hydrogen-bond donors (Lipinski definition) is 2. The third-order valence-corrected chi connectivity index (χ3v) is 3.45. The highest BCUT2D eigenvalue weighted by molar-refractivity contribution is 5.53. The molecule has 0 amide bonds. The van der Waals surface area contributed by atoms with Crippen LogP contribution in [-0.2, 0) is 6.54 Å². The van der Waals surface area contributed by atoms with E-state index >= 15 is 0 Å². The van der Waals surface area contributed by atoms with Crippen LogP contribution in [0.25, 0.3) is 0 Å². The molecule has 0 spiro atoms. The Morgan fingerprint density at radius 2 is 2.06 bits per heavy atom. The third kappa shape index (κ3) is 2.47. The number of anilines is 1. The molecule has 0 radical (unpaired) electrons. The molecule has 0 aliphatic carbocycles. The number of likely N-dealkylation sites (tertiary alicyclic amines) is 1. The van der Waals surface area contributed by atoms with E-state index in [0.29, 0.717) is 11.4 Å². The van der Waals surface area contributed by atoms with Crippen LogP contribution in [0.1, 0.15) is 25.3 Å². The predicted octanol–water partition coefficient (Wildman–Crippen LogP) is 2.21. The van der Waals surface area contributed by atoms with E-state index in [1.54, 1.807) is 12.1 Å². The van der Waals surface area contributed by atoms with Gasteiger partial charge in [0, 0.05) is 17.8 Å². The molecule has 1 heterocycles. The smallest absolute Gasteiger partial charge is 0.122 e. The number of rotatable bonds is 2. The van der Waals surface area contributed by atoms with Gasteiger partial charge in [-0.25, -0.2) is 0 Å². The van der Waals surface area contributed by atoms with E-state index in [0.717, 1.165) is 31.1 Å². The van der Waals surface area contributed by atoms with Gasteiger partial charge in [-0.15, -0.1) is 0 Å². The minimum absolute atomic E-state index is 0.318. The molecule has 1 aromatic rings. The molecule has 1 aliphatic heterocycles. The SMILES string of the molecule is CC1CCN(Cc2c(N)cccc2O)CC1. The van der Waals surface area contributed by atoms with Crippen LogP contribution in [0.2, 0.25) is 0 Å². The Labute approximate surface area is 96.9 Å². The number of nitrogens with two attached hydrogens (primary N) is 1. The summed E-state index contributed by atoms with van der Waals surface area (Å²) >= 11 is 0. The van der Waals surface area contributed by atoms with Gasteiger partial charge in [0.05, 0.1) is 0 Å². The largest absolute Gasteiger partial charge is 0.508 e. The van der Waals surface area contributed by atoms with Crippen molar-refractivity contribution in [2.45, 2.75) is 26.3 Å². The number of phenolic OH excluding ortho intramolecular Hbond substituents is 1. The minimum Gasteiger partial charge on any atom is -0.508 e. The van der Waals surface area contributed by atoms with Gasteiger partial charge in [0.2, 0.25) is 0 Å². The van der Waals surface area contributed by atoms with Gasteiger partial charge >= 0.3 is 0 Å². The summed E-state index contributed by atoms with van der Waals surface area (Å²) in [5.41, 5.74) is 7.44. The minimum atomic E-state index is 0.318. The van der Waals surface area contributed by atoms with Crippen LogP contribution in [0.15, 0.2) is 18.2 Å². The van der Waals surface area contributed by atoms with Crippen LogP contribution in [-0.4, -0.2) is 23.1 Å². The van der Waals surface area contributed by atoms with Crippen molar-refractivity contribution >= 4 is 5.69 Å². The lowest BCUT2D eigenvalue weighted by molar-refractivity contribution is 0.184. The van der Waals surface area contributed by atoms with E-state index in [1.165, 1.54) is 12.8 Å². The van der Waals surface area contributed by atoms with Gasteiger partial charge in [0.15, 0.2) is 0 Å². The summed E-state index contributed by atoms with van der Waals surface area (Å²) in [6.07, 6.45) is 2.49. The topological polar surface area (TPSA) is 49.5 Å². The molecule has 16 heavy (non-hydrogen) atoms. The molecule has 3 N–H and O–H groups in total. The van der Waals surface area contributed by atoms with Crippen molar-refractivity contribution in [3.63, 3.8) is 0 Å². The fraction of sp³-hybridized carbons (Fsp3) is 0.538. The molecule has 1 saturated heterocycles. The second-order valence-corrected chi connectivity index (χ2v) is 4.80. The van der Waals surface area contributed by atoms with Gasteiger partial charge in [0.1, 0.15) is 5.75 Å². The summed E-state index contributed by atoms with van der Waals surface area (Å²) in [7, 11) is 0. The molecule has 0 bridgehead atoms. The molecule has 88 valence electrons. The van der Waals surface area contributed by atoms with Gasteiger partial charge in [-0.05, 0) is 44.0 Å². The maximum absolute atomic E-state index is 9.77. The first-order valence-electron chi connectivity index (χ1n) is 5.95. The van der Waals surface area contributed by atoms with Gasteiger partial charge < -0.3 is 10.8 Å². The quantitative estimate of drug-likeness (QED) is 0.751. The summed E-state index contributed by atoms with van der Waals surface area (Å²) in [6.45, 7) is 5.28. The lowest BCUT2D eigenvalue weighted by atomic mass is 9.98. The number of phenols is 1. The fourth-order valence-electron chi connectivity index (χ4n) is 2.21. The number of nitrogen functional groups attached to an aromatic ring is 1. The maximum Gasteiger partial charge on any atom is 0.122 e. The second-order valence-electron chi connectivity index (χ2n) is 4.80. The molecule has 0 saturated carbocycles. The van der Waals surface area contributed by atoms with E-state index in [4.69, 9.17) is 5.73 Å². The van der Waals surface area contributed by atoms with Crippen LogP contribution in [0.5, 0.6) is 5.75 Å². The third-order valence-electron chi connectivity index (χ3n) is 3.45. The average molecular weight is 220 g/mol. The molecule has 0 aromatic heterocycles. The Bertz CT molecular complexity index is 337. The van der Waals surface area contributed by atoms with Crippen molar-refractivity contribution in [2.24, 2.45) is 5.92 Å². The summed E-state index contributed by atoms with van der Waals surface area (Å²) in [5, 5.41) is 9.77. The molecule has 0 unspecified atom stereocenters. The Morgan fingerprint density at radius 3 is 2.69 bits per heavy atom. The molecule has 1 fully saturated rings. The predicted molar refractivity (Wildman–Crippen MR) is 66.2 cm³/mol. The molecule has 3 nitrogen and oxygen atoms in total. The molecular weight excluding hydrogens is 200 g/mol. The number of piperidine rings is 1. The number of hydrogen-bond acceptors (Lipinski definition) is 3. The van der Waals surface area contributed by atoms with Crippen LogP contribution in [0.3, 0.4) is 0 Å². The molecule has 1 aliphatic rings. The first kappa shape index (κ1) is 11.3. The highest BCUT2D eigenvalue weighted by atomic mass is 16.3. The summed E-state index contributed by atoms with van der Waals surface area (Å²) < 4.78 is 0. The Hall–Kier alpha value is -1.22. The standard InChI is InChI=1S/C13H20N2O/c1-10-5-7-15(8-6-10)9-11-12(14)3-2-4-13(11)16/h2-4,10,16H,5-9,14H2,1H3. The number of benzene rings is 1. The van der Waals surface area contributed by atoms with E-state index in [2.05, 4.69) is 11.8 Å². The zero-order valence-electron chi connectivity index (χ0n) is 9.82. The van der Waals surface area contributed by atoms with Crippen molar-refractivity contribution in [3.05, 3.63) is 23.8 Å². The summed E-state index contributed by atoms with van der Waals surface area (Å²) in [5.74, 6) is 1.15. The van der Waals surface area contributed by atoms with Crippen molar-refractivity contribution in [3.8, 4) is 5.75 Å². The lowest BCUT2D eigenvalue weighted by Crippen LogP contribution is -2.32. The number of nitrogens with zero attached hydrogens (tertiary/aromatic N) is 1. The van der Waals surface area contributed by atoms with Crippen LogP contribution in [0, 0.1) is 5.92 Å². The van der Waals surface area contributed by atoms with E-state index < -0.39 is 0 Å². The summed E-state index contributed by atoms with van der Waals surface area (Å²) in [6, 6.07) is 5.34. The van der Waals surface area contributed by atoms with E-state index in [9.17, 15) is 5.11 Å². The van der Waals surface area contributed by atoms with Crippen molar-refractivity contribution in [2.75, 3.05) is 18.8 Å². The van der Waals surface area contributed by atoms with Gasteiger partial charge in [0.25, 0.3) is 0 Å². The highest BCUT2D eigenvalue weighted by Crippen LogP contribution is 2.26. The normalized spacial score (nSPS) is 18.8. The van der Waals surface area contributed by atoms with Crippen molar-refractivity contribution < 1.29 is 5.11 Å². The van der Waals surface area contributed by atoms with Gasteiger partial charge in [-0.1, -0.05) is 13.0 Å².